The van der Waals surface area contributed by atoms with Gasteiger partial charge in [-0.25, -0.2) is 0 Å². The summed E-state index contributed by atoms with van der Waals surface area (Å²) in [5.41, 5.74) is 0. The maximum atomic E-state index is 8.75. The summed E-state index contributed by atoms with van der Waals surface area (Å²) in [7, 11) is 0. The van der Waals surface area contributed by atoms with Crippen molar-refractivity contribution < 1.29 is 5.11 Å². The number of hydrogen-bond donors (Lipinski definition) is 2. The minimum atomic E-state index is 0.312. The zero-order valence-corrected chi connectivity index (χ0v) is 11.1. The molecule has 0 heterocycles. The Labute approximate surface area is 100 Å². The lowest BCUT2D eigenvalue weighted by Crippen LogP contribution is -2.40. The van der Waals surface area contributed by atoms with E-state index in [9.17, 15) is 0 Å². The molecular weight excluding hydrogens is 200 g/mol. The minimum absolute atomic E-state index is 0.312. The molecular formula is C13H28N2O. The summed E-state index contributed by atoms with van der Waals surface area (Å²) in [4.78, 5) is 2.60. The number of nitrogens with zero attached hydrogens (tertiary/aromatic N) is 1. The summed E-state index contributed by atoms with van der Waals surface area (Å²) in [6.45, 7) is 9.31. The summed E-state index contributed by atoms with van der Waals surface area (Å²) >= 11 is 0. The van der Waals surface area contributed by atoms with Gasteiger partial charge in [-0.05, 0) is 46.5 Å². The Balaban J connectivity index is 2.08. The fraction of sp³-hybridized carbons (Fsp3) is 1.00. The van der Waals surface area contributed by atoms with Crippen LogP contribution in [0.5, 0.6) is 0 Å². The Kier molecular flexibility index (Phi) is 6.32. The van der Waals surface area contributed by atoms with Gasteiger partial charge < -0.3 is 10.4 Å². The highest BCUT2D eigenvalue weighted by Crippen LogP contribution is 2.27. The van der Waals surface area contributed by atoms with Gasteiger partial charge in [-0.3, -0.25) is 4.90 Å². The van der Waals surface area contributed by atoms with Crippen molar-refractivity contribution in [1.82, 2.24) is 10.2 Å². The lowest BCUT2D eigenvalue weighted by Gasteiger charge is -2.27. The van der Waals surface area contributed by atoms with E-state index in [2.05, 4.69) is 31.0 Å². The van der Waals surface area contributed by atoms with Gasteiger partial charge >= 0.3 is 0 Å². The van der Waals surface area contributed by atoms with Gasteiger partial charge in [-0.1, -0.05) is 0 Å². The van der Waals surface area contributed by atoms with E-state index in [1.807, 2.05) is 0 Å². The maximum absolute atomic E-state index is 8.75. The molecule has 16 heavy (non-hydrogen) atoms. The molecule has 0 amide bonds. The van der Waals surface area contributed by atoms with Crippen molar-refractivity contribution in [2.45, 2.75) is 64.6 Å². The lowest BCUT2D eigenvalue weighted by molar-refractivity contribution is 0.208. The van der Waals surface area contributed by atoms with Crippen LogP contribution in [0.15, 0.2) is 0 Å². The molecule has 0 saturated heterocycles. The van der Waals surface area contributed by atoms with Crippen molar-refractivity contribution >= 4 is 0 Å². The Morgan fingerprint density at radius 2 is 2.00 bits per heavy atom. The average Bonchev–Trinajstić information content (AvgIpc) is 3.04. The van der Waals surface area contributed by atoms with Crippen molar-refractivity contribution in [3.63, 3.8) is 0 Å². The van der Waals surface area contributed by atoms with Crippen LogP contribution < -0.4 is 5.32 Å². The first-order valence-electron chi connectivity index (χ1n) is 6.75. The first-order chi connectivity index (χ1) is 7.65. The molecule has 0 aromatic heterocycles. The Hall–Kier alpha value is -0.120. The predicted molar refractivity (Wildman–Crippen MR) is 68.6 cm³/mol. The van der Waals surface area contributed by atoms with Crippen molar-refractivity contribution in [2.24, 2.45) is 0 Å². The summed E-state index contributed by atoms with van der Waals surface area (Å²) in [5, 5.41) is 12.3. The molecule has 0 bridgehead atoms. The van der Waals surface area contributed by atoms with E-state index in [0.717, 1.165) is 32.0 Å². The summed E-state index contributed by atoms with van der Waals surface area (Å²) in [6.07, 6.45) is 4.75. The second-order valence-electron chi connectivity index (χ2n) is 5.28. The molecule has 3 nitrogen and oxygen atoms in total. The third kappa shape index (κ3) is 5.28. The number of hydrogen-bond acceptors (Lipinski definition) is 3. The van der Waals surface area contributed by atoms with E-state index in [1.165, 1.54) is 12.8 Å². The van der Waals surface area contributed by atoms with Crippen LogP contribution in [-0.4, -0.2) is 47.8 Å². The van der Waals surface area contributed by atoms with Crippen molar-refractivity contribution in [3.05, 3.63) is 0 Å². The molecule has 96 valence electrons. The molecule has 1 unspecified atom stereocenters. The molecule has 1 saturated carbocycles. The number of nitrogens with one attached hydrogen (secondary N) is 1. The van der Waals surface area contributed by atoms with Crippen molar-refractivity contribution in [2.75, 3.05) is 19.7 Å². The molecule has 1 fully saturated rings. The fourth-order valence-corrected chi connectivity index (χ4v) is 2.21. The van der Waals surface area contributed by atoms with E-state index in [-0.39, 0.29) is 0 Å². The van der Waals surface area contributed by atoms with Gasteiger partial charge in [0.05, 0.1) is 0 Å². The molecule has 0 aromatic rings. The molecule has 0 radical (unpaired) electrons. The minimum Gasteiger partial charge on any atom is -0.396 e. The zero-order valence-electron chi connectivity index (χ0n) is 11.1. The molecule has 2 N–H and O–H groups in total. The van der Waals surface area contributed by atoms with Crippen LogP contribution in [0.25, 0.3) is 0 Å². The maximum Gasteiger partial charge on any atom is 0.0431 e. The number of aliphatic hydroxyl groups is 1. The molecule has 3 heteroatoms. The summed E-state index contributed by atoms with van der Waals surface area (Å²) in [6, 6.07) is 2.05. The van der Waals surface area contributed by atoms with Gasteiger partial charge in [-0.15, -0.1) is 0 Å². The molecule has 1 rings (SSSR count). The largest absolute Gasteiger partial charge is 0.396 e. The summed E-state index contributed by atoms with van der Waals surface area (Å²) < 4.78 is 0. The van der Waals surface area contributed by atoms with Crippen LogP contribution in [0.3, 0.4) is 0 Å². The van der Waals surface area contributed by atoms with E-state index < -0.39 is 0 Å². The quantitative estimate of drug-likeness (QED) is 0.629. The second-order valence-corrected chi connectivity index (χ2v) is 5.28. The van der Waals surface area contributed by atoms with E-state index in [1.54, 1.807) is 0 Å². The molecule has 0 aromatic carbocycles. The topological polar surface area (TPSA) is 35.5 Å². The highest BCUT2D eigenvalue weighted by molar-refractivity contribution is 4.86. The third-order valence-electron chi connectivity index (χ3n) is 3.34. The van der Waals surface area contributed by atoms with Crippen LogP contribution in [0.1, 0.15) is 46.5 Å². The number of rotatable bonds is 9. The van der Waals surface area contributed by atoms with Gasteiger partial charge in [0, 0.05) is 37.8 Å². The van der Waals surface area contributed by atoms with Gasteiger partial charge in [0.25, 0.3) is 0 Å². The van der Waals surface area contributed by atoms with Gasteiger partial charge in [0.1, 0.15) is 0 Å². The fourth-order valence-electron chi connectivity index (χ4n) is 2.21. The van der Waals surface area contributed by atoms with Crippen LogP contribution in [0.4, 0.5) is 0 Å². The highest BCUT2D eigenvalue weighted by Gasteiger charge is 2.29. The highest BCUT2D eigenvalue weighted by atomic mass is 16.2. The van der Waals surface area contributed by atoms with Gasteiger partial charge in [0.2, 0.25) is 0 Å². The molecule has 1 aliphatic carbocycles. The molecule has 1 aliphatic rings. The monoisotopic (exact) mass is 228 g/mol. The molecule has 1 atom stereocenters. The smallest absolute Gasteiger partial charge is 0.0431 e. The van der Waals surface area contributed by atoms with Crippen molar-refractivity contribution in [1.29, 1.82) is 0 Å². The van der Waals surface area contributed by atoms with Gasteiger partial charge in [0.15, 0.2) is 0 Å². The lowest BCUT2D eigenvalue weighted by atomic mass is 10.2. The zero-order chi connectivity index (χ0) is 12.0. The average molecular weight is 228 g/mol. The van der Waals surface area contributed by atoms with E-state index in [4.69, 9.17) is 5.11 Å². The number of aliphatic hydroxyl groups excluding tert-OH is 1. The molecule has 0 aliphatic heterocycles. The van der Waals surface area contributed by atoms with Crippen molar-refractivity contribution in [3.8, 4) is 0 Å². The van der Waals surface area contributed by atoms with Crippen LogP contribution in [0.2, 0.25) is 0 Å². The Bertz CT molecular complexity index is 179. The van der Waals surface area contributed by atoms with Crippen LogP contribution >= 0.6 is 0 Å². The Morgan fingerprint density at radius 3 is 2.50 bits per heavy atom. The first kappa shape index (κ1) is 13.9. The SMILES string of the molecule is CC(CCCO)NCCN(C(C)C)C1CC1. The third-order valence-corrected chi connectivity index (χ3v) is 3.34. The predicted octanol–water partition coefficient (Wildman–Crippen LogP) is 1.61. The standard InChI is InChI=1S/C13H28N2O/c1-11(2)15(13-6-7-13)9-8-14-12(3)5-4-10-16/h11-14,16H,4-10H2,1-3H3. The summed E-state index contributed by atoms with van der Waals surface area (Å²) in [5.74, 6) is 0. The first-order valence-corrected chi connectivity index (χ1v) is 6.75. The second kappa shape index (κ2) is 7.25. The normalized spacial score (nSPS) is 18.4. The Morgan fingerprint density at radius 1 is 1.31 bits per heavy atom. The molecule has 0 spiro atoms. The van der Waals surface area contributed by atoms with Crippen LogP contribution in [0, 0.1) is 0 Å². The van der Waals surface area contributed by atoms with E-state index in [0.29, 0.717) is 18.7 Å². The van der Waals surface area contributed by atoms with Crippen LogP contribution in [-0.2, 0) is 0 Å². The van der Waals surface area contributed by atoms with E-state index >= 15 is 0 Å². The van der Waals surface area contributed by atoms with Gasteiger partial charge in [-0.2, -0.15) is 0 Å².